The number of nitro groups is 1. The highest BCUT2D eigenvalue weighted by Crippen LogP contribution is 2.32. The molecule has 208 valence electrons. The highest BCUT2D eigenvalue weighted by atomic mass is 16.6. The summed E-state index contributed by atoms with van der Waals surface area (Å²) in [6.45, 7) is 4.12. The first-order chi connectivity index (χ1) is 19.3. The van der Waals surface area contributed by atoms with E-state index in [0.29, 0.717) is 23.3 Å². The Morgan fingerprint density at radius 3 is 2.30 bits per heavy atom. The summed E-state index contributed by atoms with van der Waals surface area (Å²) >= 11 is 0. The van der Waals surface area contributed by atoms with Crippen molar-refractivity contribution in [2.75, 3.05) is 0 Å². The fourth-order valence-corrected chi connectivity index (χ4v) is 5.02. The van der Waals surface area contributed by atoms with E-state index in [-0.39, 0.29) is 30.0 Å². The molecule has 1 N–H and O–H groups in total. The molecule has 0 spiro atoms. The van der Waals surface area contributed by atoms with E-state index in [1.165, 1.54) is 12.1 Å². The maximum Gasteiger partial charge on any atom is 0.303 e. The number of carbonyl (C=O) groups is 2. The molecule has 1 aromatic heterocycles. The van der Waals surface area contributed by atoms with Crippen molar-refractivity contribution in [1.29, 1.82) is 0 Å². The van der Waals surface area contributed by atoms with Crippen LogP contribution in [-0.2, 0) is 4.79 Å². The molecule has 2 atom stereocenters. The first kappa shape index (κ1) is 28.5. The van der Waals surface area contributed by atoms with Crippen LogP contribution in [0.3, 0.4) is 0 Å². The number of nitrogens with zero attached hydrogens (tertiary/aromatic N) is 2. The number of aromatic nitrogens is 1. The Labute approximate surface area is 233 Å². The van der Waals surface area contributed by atoms with Gasteiger partial charge in [-0.3, -0.25) is 19.7 Å². The van der Waals surface area contributed by atoms with Crippen LogP contribution in [0.5, 0.6) is 5.75 Å². The zero-order valence-corrected chi connectivity index (χ0v) is 22.8. The van der Waals surface area contributed by atoms with Crippen LogP contribution in [0, 0.1) is 10.1 Å². The average molecular weight is 543 g/mol. The molecule has 8 nitrogen and oxygen atoms in total. The number of para-hydroxylation sites is 1. The van der Waals surface area contributed by atoms with Gasteiger partial charge in [0.2, 0.25) is 0 Å². The summed E-state index contributed by atoms with van der Waals surface area (Å²) in [5.74, 6) is -0.343. The third-order valence-corrected chi connectivity index (χ3v) is 7.23. The summed E-state index contributed by atoms with van der Waals surface area (Å²) in [5.41, 5.74) is 2.90. The number of carboxylic acids is 1. The predicted molar refractivity (Wildman–Crippen MR) is 154 cm³/mol. The van der Waals surface area contributed by atoms with E-state index in [2.05, 4.69) is 6.92 Å². The van der Waals surface area contributed by atoms with Gasteiger partial charge in [0, 0.05) is 52.8 Å². The number of ketones is 1. The Bertz CT molecular complexity index is 1470. The standard InChI is InChI=1S/C32H34N2O6/c1-3-5-10-30(22-11-15-25(16-12-22)34(38)39)40-26-18-13-23(14-19-26)32(37)28-21-33(24(4-2)17-20-31(35)36)29-9-7-6-8-27(28)29/h6-9,11-16,18-19,21,24,30H,3-5,10,17,20H2,1-2H3,(H,35,36). The van der Waals surface area contributed by atoms with Gasteiger partial charge in [0.25, 0.3) is 5.69 Å². The van der Waals surface area contributed by atoms with Crippen molar-refractivity contribution in [2.45, 2.75) is 64.5 Å². The summed E-state index contributed by atoms with van der Waals surface area (Å²) in [4.78, 5) is 35.4. The number of hydrogen-bond acceptors (Lipinski definition) is 5. The fourth-order valence-electron chi connectivity index (χ4n) is 5.02. The average Bonchev–Trinajstić information content (AvgIpc) is 3.35. The van der Waals surface area contributed by atoms with Crippen LogP contribution in [0.2, 0.25) is 0 Å². The van der Waals surface area contributed by atoms with Crippen molar-refractivity contribution in [3.63, 3.8) is 0 Å². The van der Waals surface area contributed by atoms with Gasteiger partial charge in [-0.05, 0) is 73.7 Å². The lowest BCUT2D eigenvalue weighted by Crippen LogP contribution is -2.10. The Kier molecular flexibility index (Phi) is 9.32. The van der Waals surface area contributed by atoms with Crippen molar-refractivity contribution in [3.05, 3.63) is 106 Å². The largest absolute Gasteiger partial charge is 0.486 e. The molecular formula is C32H34N2O6. The van der Waals surface area contributed by atoms with Crippen LogP contribution in [-0.4, -0.2) is 26.3 Å². The third kappa shape index (κ3) is 6.57. The minimum Gasteiger partial charge on any atom is -0.486 e. The third-order valence-electron chi connectivity index (χ3n) is 7.23. The molecule has 0 aliphatic carbocycles. The zero-order chi connectivity index (χ0) is 28.6. The number of nitro benzene ring substituents is 1. The number of hydrogen-bond donors (Lipinski definition) is 1. The van der Waals surface area contributed by atoms with Crippen molar-refractivity contribution in [3.8, 4) is 5.75 Å². The molecule has 0 amide bonds. The molecule has 0 aliphatic rings. The number of aliphatic carboxylic acids is 1. The number of carbonyl (C=O) groups excluding carboxylic acids is 1. The summed E-state index contributed by atoms with van der Waals surface area (Å²) in [6.07, 6.45) is 5.57. The van der Waals surface area contributed by atoms with Crippen LogP contribution in [0.4, 0.5) is 5.69 Å². The Balaban J connectivity index is 1.57. The first-order valence-electron chi connectivity index (χ1n) is 13.7. The number of rotatable bonds is 14. The second-order valence-electron chi connectivity index (χ2n) is 9.91. The van der Waals surface area contributed by atoms with Gasteiger partial charge in [-0.1, -0.05) is 38.5 Å². The quantitative estimate of drug-likeness (QED) is 0.0984. The predicted octanol–water partition coefficient (Wildman–Crippen LogP) is 7.91. The monoisotopic (exact) mass is 542 g/mol. The second kappa shape index (κ2) is 13.1. The molecule has 0 bridgehead atoms. The van der Waals surface area contributed by atoms with Crippen LogP contribution >= 0.6 is 0 Å². The molecule has 40 heavy (non-hydrogen) atoms. The summed E-state index contributed by atoms with van der Waals surface area (Å²) in [6, 6.07) is 21.1. The van der Waals surface area contributed by atoms with Crippen molar-refractivity contribution < 1.29 is 24.4 Å². The molecule has 4 rings (SSSR count). The van der Waals surface area contributed by atoms with E-state index < -0.39 is 10.9 Å². The molecule has 0 radical (unpaired) electrons. The molecule has 0 fully saturated rings. The highest BCUT2D eigenvalue weighted by molar-refractivity contribution is 6.16. The number of ether oxygens (including phenoxy) is 1. The van der Waals surface area contributed by atoms with Crippen LogP contribution in [0.1, 0.15) is 86.0 Å². The van der Waals surface area contributed by atoms with E-state index in [1.54, 1.807) is 36.4 Å². The second-order valence-corrected chi connectivity index (χ2v) is 9.91. The zero-order valence-electron chi connectivity index (χ0n) is 22.8. The van der Waals surface area contributed by atoms with Crippen molar-refractivity contribution >= 4 is 28.3 Å². The van der Waals surface area contributed by atoms with Gasteiger partial charge in [-0.25, -0.2) is 0 Å². The normalized spacial score (nSPS) is 12.7. The molecule has 8 heteroatoms. The fraction of sp³-hybridized carbons (Fsp3) is 0.312. The van der Waals surface area contributed by atoms with Crippen molar-refractivity contribution in [2.24, 2.45) is 0 Å². The summed E-state index contributed by atoms with van der Waals surface area (Å²) < 4.78 is 8.31. The Morgan fingerprint density at radius 2 is 1.68 bits per heavy atom. The number of non-ortho nitro benzene ring substituents is 1. The van der Waals surface area contributed by atoms with Gasteiger partial charge in [-0.15, -0.1) is 0 Å². The smallest absolute Gasteiger partial charge is 0.303 e. The Hall–Kier alpha value is -4.46. The topological polar surface area (TPSA) is 112 Å². The molecule has 0 aliphatic heterocycles. The van der Waals surface area contributed by atoms with Crippen LogP contribution in [0.15, 0.2) is 79.0 Å². The van der Waals surface area contributed by atoms with E-state index in [1.807, 2.05) is 42.0 Å². The van der Waals surface area contributed by atoms with Crippen LogP contribution in [0.25, 0.3) is 10.9 Å². The van der Waals surface area contributed by atoms with E-state index in [9.17, 15) is 24.8 Å². The molecular weight excluding hydrogens is 508 g/mol. The molecule has 2 unspecified atom stereocenters. The van der Waals surface area contributed by atoms with Gasteiger partial charge in [-0.2, -0.15) is 0 Å². The number of fused-ring (bicyclic) bond motifs is 1. The maximum absolute atomic E-state index is 13.6. The highest BCUT2D eigenvalue weighted by Gasteiger charge is 2.21. The summed E-state index contributed by atoms with van der Waals surface area (Å²) in [5, 5.41) is 21.0. The van der Waals surface area contributed by atoms with Gasteiger partial charge in [0.15, 0.2) is 5.78 Å². The van der Waals surface area contributed by atoms with Gasteiger partial charge < -0.3 is 14.4 Å². The number of carboxylic acid groups (broad SMARTS) is 1. The van der Waals surface area contributed by atoms with E-state index in [0.717, 1.165) is 42.1 Å². The van der Waals surface area contributed by atoms with Gasteiger partial charge in [0.05, 0.1) is 4.92 Å². The molecule has 4 aromatic rings. The van der Waals surface area contributed by atoms with Crippen molar-refractivity contribution in [1.82, 2.24) is 4.57 Å². The first-order valence-corrected chi connectivity index (χ1v) is 13.7. The minimum atomic E-state index is -0.834. The number of unbranched alkanes of at least 4 members (excludes halogenated alkanes) is 1. The maximum atomic E-state index is 13.6. The lowest BCUT2D eigenvalue weighted by molar-refractivity contribution is -0.384. The molecule has 3 aromatic carbocycles. The lowest BCUT2D eigenvalue weighted by Gasteiger charge is -2.19. The molecule has 0 saturated heterocycles. The van der Waals surface area contributed by atoms with Crippen LogP contribution < -0.4 is 4.74 Å². The summed E-state index contributed by atoms with van der Waals surface area (Å²) in [7, 11) is 0. The minimum absolute atomic E-state index is 0.0298. The van der Waals surface area contributed by atoms with Gasteiger partial charge in [0.1, 0.15) is 11.9 Å². The lowest BCUT2D eigenvalue weighted by atomic mass is 10.0. The van der Waals surface area contributed by atoms with E-state index in [4.69, 9.17) is 4.74 Å². The number of benzene rings is 3. The van der Waals surface area contributed by atoms with Gasteiger partial charge >= 0.3 is 5.97 Å². The Morgan fingerprint density at radius 1 is 0.975 bits per heavy atom. The molecule has 0 saturated carbocycles. The molecule has 1 heterocycles. The van der Waals surface area contributed by atoms with E-state index >= 15 is 0 Å². The SMILES string of the molecule is CCCCC(Oc1ccc(C(=O)c2cn(C(CC)CCC(=O)O)c3ccccc23)cc1)c1ccc([N+](=O)[O-])cc1.